The summed E-state index contributed by atoms with van der Waals surface area (Å²) in [5, 5.41) is 5.49. The van der Waals surface area contributed by atoms with Gasteiger partial charge in [0.2, 0.25) is 5.91 Å². The van der Waals surface area contributed by atoms with E-state index in [1.165, 1.54) is 13.1 Å². The van der Waals surface area contributed by atoms with E-state index in [1.807, 2.05) is 24.4 Å². The fourth-order valence-corrected chi connectivity index (χ4v) is 2.95. The fraction of sp³-hybridized carbons (Fsp3) is 0.368. The average Bonchev–Trinajstić information content (AvgIpc) is 2.69. The third-order valence-corrected chi connectivity index (χ3v) is 4.39. The first-order valence-corrected chi connectivity index (χ1v) is 9.02. The third-order valence-electron chi connectivity index (χ3n) is 4.39. The molecule has 30 heavy (non-hydrogen) atoms. The second-order valence-corrected chi connectivity index (χ2v) is 6.39. The van der Waals surface area contributed by atoms with Crippen LogP contribution in [0.15, 0.2) is 42.7 Å². The minimum atomic E-state index is -0.192. The number of aromatic nitrogens is 2. The lowest BCUT2D eigenvalue weighted by molar-refractivity contribution is -0.114. The highest BCUT2D eigenvalue weighted by molar-refractivity contribution is 5.94. The highest BCUT2D eigenvalue weighted by atomic mass is 35.5. The molecule has 0 saturated carbocycles. The molecular weight excluding hydrogens is 451 g/mol. The van der Waals surface area contributed by atoms with Crippen LogP contribution in [0.2, 0.25) is 0 Å². The van der Waals surface area contributed by atoms with Crippen LogP contribution in [0.5, 0.6) is 0 Å². The normalized spacial score (nSPS) is 13.2. The van der Waals surface area contributed by atoms with Crippen molar-refractivity contribution < 1.29 is 9.59 Å². The average molecular weight is 478 g/mol. The van der Waals surface area contributed by atoms with E-state index in [4.69, 9.17) is 0 Å². The van der Waals surface area contributed by atoms with Crippen molar-refractivity contribution in [2.45, 2.75) is 6.92 Å². The van der Waals surface area contributed by atoms with Gasteiger partial charge in [0.15, 0.2) is 0 Å². The highest BCUT2D eigenvalue weighted by Gasteiger charge is 2.17. The summed E-state index contributed by atoms with van der Waals surface area (Å²) in [4.78, 5) is 36.2. The van der Waals surface area contributed by atoms with E-state index in [2.05, 4.69) is 30.4 Å². The minimum Gasteiger partial charge on any atom is -0.354 e. The van der Waals surface area contributed by atoms with Crippen molar-refractivity contribution in [3.05, 3.63) is 48.3 Å². The Balaban J connectivity index is 0.00000280. The molecule has 3 rings (SSSR count). The predicted octanol–water partition coefficient (Wildman–Crippen LogP) is 2.25. The van der Waals surface area contributed by atoms with Crippen molar-refractivity contribution >= 4 is 60.7 Å². The van der Waals surface area contributed by atoms with E-state index in [9.17, 15) is 9.59 Å². The standard InChI is InChI=1S/C19H24N6O2.3ClH/c1-15(26)23-17-6-5-16(14-22-17)19(27)21-8-9-24-10-12-25(13-11-24)18-4-2-3-7-20-18;;;/h2-7,14H,8-13H2,1H3,(H,21,27)(H,22,23,26);3*1H. The van der Waals surface area contributed by atoms with Gasteiger partial charge in [0.25, 0.3) is 5.91 Å². The van der Waals surface area contributed by atoms with Crippen LogP contribution in [0.25, 0.3) is 0 Å². The molecule has 1 fully saturated rings. The number of carbonyl (C=O) groups is 2. The largest absolute Gasteiger partial charge is 0.354 e. The van der Waals surface area contributed by atoms with E-state index in [0.717, 1.165) is 38.5 Å². The van der Waals surface area contributed by atoms with Crippen molar-refractivity contribution in [3.8, 4) is 0 Å². The topological polar surface area (TPSA) is 90.5 Å². The minimum absolute atomic E-state index is 0. The molecule has 2 aromatic rings. The Morgan fingerprint density at radius 2 is 1.73 bits per heavy atom. The van der Waals surface area contributed by atoms with Crippen LogP contribution < -0.4 is 15.5 Å². The van der Waals surface area contributed by atoms with Crippen molar-refractivity contribution in [1.82, 2.24) is 20.2 Å². The van der Waals surface area contributed by atoms with Crippen molar-refractivity contribution in [3.63, 3.8) is 0 Å². The molecule has 0 radical (unpaired) electrons. The maximum absolute atomic E-state index is 12.2. The molecule has 3 heterocycles. The number of anilines is 2. The maximum atomic E-state index is 12.2. The molecule has 1 saturated heterocycles. The number of piperazine rings is 1. The first-order chi connectivity index (χ1) is 13.1. The zero-order chi connectivity index (χ0) is 19.1. The summed E-state index contributed by atoms with van der Waals surface area (Å²) in [6.45, 7) is 6.55. The zero-order valence-corrected chi connectivity index (χ0v) is 19.1. The lowest BCUT2D eigenvalue weighted by Crippen LogP contribution is -2.48. The fourth-order valence-electron chi connectivity index (χ4n) is 2.95. The molecule has 1 aliphatic rings. The van der Waals surface area contributed by atoms with Gasteiger partial charge in [-0.1, -0.05) is 6.07 Å². The first-order valence-electron chi connectivity index (χ1n) is 9.02. The Bertz CT molecular complexity index is 772. The summed E-state index contributed by atoms with van der Waals surface area (Å²) in [6.07, 6.45) is 3.28. The number of nitrogens with zero attached hydrogens (tertiary/aromatic N) is 4. The smallest absolute Gasteiger partial charge is 0.252 e. The van der Waals surface area contributed by atoms with Gasteiger partial charge in [-0.05, 0) is 24.3 Å². The molecule has 1 aliphatic heterocycles. The maximum Gasteiger partial charge on any atom is 0.252 e. The van der Waals surface area contributed by atoms with Gasteiger partial charge in [0, 0.05) is 58.6 Å². The summed E-state index contributed by atoms with van der Waals surface area (Å²) in [5.41, 5.74) is 0.476. The molecule has 2 N–H and O–H groups in total. The molecule has 11 heteroatoms. The molecule has 0 aromatic carbocycles. The second kappa shape index (κ2) is 14.0. The molecule has 0 spiro atoms. The van der Waals surface area contributed by atoms with Crippen LogP contribution in [0.3, 0.4) is 0 Å². The molecule has 0 unspecified atom stereocenters. The van der Waals surface area contributed by atoms with Gasteiger partial charge in [-0.3, -0.25) is 14.5 Å². The van der Waals surface area contributed by atoms with Crippen LogP contribution in [-0.4, -0.2) is 66.0 Å². The van der Waals surface area contributed by atoms with Crippen molar-refractivity contribution in [2.75, 3.05) is 49.5 Å². The van der Waals surface area contributed by atoms with Gasteiger partial charge in [0.1, 0.15) is 11.6 Å². The Hall–Kier alpha value is -2.13. The van der Waals surface area contributed by atoms with Gasteiger partial charge in [-0.25, -0.2) is 9.97 Å². The van der Waals surface area contributed by atoms with Crippen LogP contribution in [-0.2, 0) is 4.79 Å². The Morgan fingerprint density at radius 1 is 1.00 bits per heavy atom. The molecule has 0 bridgehead atoms. The zero-order valence-electron chi connectivity index (χ0n) is 16.6. The van der Waals surface area contributed by atoms with Crippen LogP contribution in [0, 0.1) is 0 Å². The van der Waals surface area contributed by atoms with E-state index in [-0.39, 0.29) is 49.0 Å². The number of halogens is 3. The van der Waals surface area contributed by atoms with Gasteiger partial charge in [-0.15, -0.1) is 37.2 Å². The monoisotopic (exact) mass is 476 g/mol. The van der Waals surface area contributed by atoms with Crippen LogP contribution >= 0.6 is 37.2 Å². The number of pyridine rings is 2. The van der Waals surface area contributed by atoms with Gasteiger partial charge in [-0.2, -0.15) is 0 Å². The number of rotatable bonds is 6. The Kier molecular flexibility index (Phi) is 13.0. The molecular formula is C19H27Cl3N6O2. The highest BCUT2D eigenvalue weighted by Crippen LogP contribution is 2.12. The molecule has 2 amide bonds. The van der Waals surface area contributed by atoms with E-state index in [1.54, 1.807) is 12.1 Å². The number of amides is 2. The quantitative estimate of drug-likeness (QED) is 0.663. The lowest BCUT2D eigenvalue weighted by Gasteiger charge is -2.35. The number of carbonyl (C=O) groups excluding carboxylic acids is 2. The Labute approximate surface area is 195 Å². The number of hydrogen-bond acceptors (Lipinski definition) is 6. The van der Waals surface area contributed by atoms with Crippen LogP contribution in [0.1, 0.15) is 17.3 Å². The second-order valence-electron chi connectivity index (χ2n) is 6.39. The number of hydrogen-bond donors (Lipinski definition) is 2. The first kappa shape index (κ1) is 27.9. The molecule has 2 aromatic heterocycles. The van der Waals surface area contributed by atoms with E-state index in [0.29, 0.717) is 17.9 Å². The van der Waals surface area contributed by atoms with Crippen molar-refractivity contribution in [2.24, 2.45) is 0 Å². The lowest BCUT2D eigenvalue weighted by atomic mass is 10.2. The molecule has 0 atom stereocenters. The molecule has 0 aliphatic carbocycles. The van der Waals surface area contributed by atoms with E-state index < -0.39 is 0 Å². The Morgan fingerprint density at radius 3 is 2.30 bits per heavy atom. The van der Waals surface area contributed by atoms with Crippen LogP contribution in [0.4, 0.5) is 11.6 Å². The van der Waals surface area contributed by atoms with Gasteiger partial charge >= 0.3 is 0 Å². The molecule has 166 valence electrons. The van der Waals surface area contributed by atoms with Crippen molar-refractivity contribution in [1.29, 1.82) is 0 Å². The summed E-state index contributed by atoms with van der Waals surface area (Å²) in [5.74, 6) is 1.09. The number of nitrogens with one attached hydrogen (secondary N) is 2. The van der Waals surface area contributed by atoms with Gasteiger partial charge in [0.05, 0.1) is 5.56 Å². The molecule has 8 nitrogen and oxygen atoms in total. The van der Waals surface area contributed by atoms with Gasteiger partial charge < -0.3 is 15.5 Å². The summed E-state index contributed by atoms with van der Waals surface area (Å²) in [6, 6.07) is 9.22. The summed E-state index contributed by atoms with van der Waals surface area (Å²) < 4.78 is 0. The SMILES string of the molecule is CC(=O)Nc1ccc(C(=O)NCCN2CCN(c3ccccn3)CC2)cn1.Cl.Cl.Cl. The predicted molar refractivity (Wildman–Crippen MR) is 126 cm³/mol. The third kappa shape index (κ3) is 8.31. The van der Waals surface area contributed by atoms with E-state index >= 15 is 0 Å². The summed E-state index contributed by atoms with van der Waals surface area (Å²) in [7, 11) is 0. The summed E-state index contributed by atoms with van der Waals surface area (Å²) >= 11 is 0.